The van der Waals surface area contributed by atoms with Crippen molar-refractivity contribution in [3.8, 4) is 0 Å². The molecule has 23 heavy (non-hydrogen) atoms. The van der Waals surface area contributed by atoms with Crippen LogP contribution in [0.1, 0.15) is 26.3 Å². The van der Waals surface area contributed by atoms with Gasteiger partial charge in [0.25, 0.3) is 0 Å². The first-order valence-corrected chi connectivity index (χ1v) is 8.36. The van der Waals surface area contributed by atoms with Crippen molar-refractivity contribution >= 4 is 35.4 Å². The molecule has 0 aliphatic heterocycles. The minimum Gasteiger partial charge on any atom is -0.480 e. The van der Waals surface area contributed by atoms with E-state index in [4.69, 9.17) is 21.4 Å². The number of carbonyl (C=O) groups is 2. The van der Waals surface area contributed by atoms with Gasteiger partial charge in [0, 0.05) is 11.5 Å². The first kappa shape index (κ1) is 19.6. The predicted octanol–water partition coefficient (Wildman–Crippen LogP) is 3.69. The normalized spacial score (nSPS) is 12.6. The number of hydrogen-bond acceptors (Lipinski definition) is 4. The molecule has 1 amide bonds. The number of carboxylic acid groups (broad SMARTS) is 1. The van der Waals surface area contributed by atoms with E-state index in [1.807, 2.05) is 0 Å². The fourth-order valence-corrected chi connectivity index (χ4v) is 2.75. The van der Waals surface area contributed by atoms with Crippen molar-refractivity contribution in [2.75, 3.05) is 5.75 Å². The molecule has 2 N–H and O–H groups in total. The van der Waals surface area contributed by atoms with Crippen molar-refractivity contribution < 1.29 is 23.8 Å². The topological polar surface area (TPSA) is 75.6 Å². The zero-order chi connectivity index (χ0) is 17.6. The van der Waals surface area contributed by atoms with Crippen LogP contribution >= 0.6 is 23.4 Å². The van der Waals surface area contributed by atoms with Crippen LogP contribution in [0.5, 0.6) is 0 Å². The van der Waals surface area contributed by atoms with Crippen LogP contribution in [-0.2, 0) is 15.3 Å². The minimum atomic E-state index is -1.15. The predicted molar refractivity (Wildman–Crippen MR) is 88.4 cm³/mol. The highest BCUT2D eigenvalue weighted by Gasteiger charge is 2.23. The Morgan fingerprint density at radius 1 is 1.43 bits per heavy atom. The summed E-state index contributed by atoms with van der Waals surface area (Å²) in [5.74, 6) is -1.07. The maximum Gasteiger partial charge on any atom is 0.408 e. The van der Waals surface area contributed by atoms with Gasteiger partial charge in [0.1, 0.15) is 17.5 Å². The van der Waals surface area contributed by atoms with Gasteiger partial charge in [-0.3, -0.25) is 0 Å². The van der Waals surface area contributed by atoms with Gasteiger partial charge in [0.2, 0.25) is 0 Å². The lowest BCUT2D eigenvalue weighted by molar-refractivity contribution is -0.138. The molecule has 5 nitrogen and oxygen atoms in total. The summed E-state index contributed by atoms with van der Waals surface area (Å²) in [4.78, 5) is 22.8. The number of carbonyl (C=O) groups excluding carboxylic acids is 1. The number of aliphatic carboxylic acids is 1. The van der Waals surface area contributed by atoms with Crippen LogP contribution in [0.4, 0.5) is 9.18 Å². The number of alkyl carbamates (subject to hydrolysis) is 1. The van der Waals surface area contributed by atoms with Crippen LogP contribution < -0.4 is 5.32 Å². The molecule has 0 aromatic heterocycles. The molecular weight excluding hydrogens is 345 g/mol. The summed E-state index contributed by atoms with van der Waals surface area (Å²) >= 11 is 6.97. The smallest absolute Gasteiger partial charge is 0.408 e. The highest BCUT2D eigenvalue weighted by atomic mass is 35.5. The summed E-state index contributed by atoms with van der Waals surface area (Å²) in [5, 5.41) is 11.5. The number of ether oxygens (including phenoxy) is 1. The van der Waals surface area contributed by atoms with E-state index in [-0.39, 0.29) is 10.8 Å². The van der Waals surface area contributed by atoms with E-state index in [1.165, 1.54) is 23.9 Å². The standard InChI is InChI=1S/C15H19ClFNO4S/c1-15(2,3)22-14(21)18-12(13(19)20)8-23-7-9-4-5-11(17)10(16)6-9/h4-6,12H,7-8H2,1-3H3,(H,18,21)(H,19,20). The third-order valence-electron chi connectivity index (χ3n) is 2.53. The zero-order valence-electron chi connectivity index (χ0n) is 13.1. The molecule has 0 saturated heterocycles. The van der Waals surface area contributed by atoms with Crippen molar-refractivity contribution in [3.63, 3.8) is 0 Å². The molecule has 1 unspecified atom stereocenters. The van der Waals surface area contributed by atoms with Crippen molar-refractivity contribution in [1.29, 1.82) is 0 Å². The first-order chi connectivity index (χ1) is 10.6. The summed E-state index contributed by atoms with van der Waals surface area (Å²) in [6, 6.07) is 3.24. The molecule has 1 aromatic carbocycles. The lowest BCUT2D eigenvalue weighted by Gasteiger charge is -2.21. The second-order valence-corrected chi connectivity index (χ2v) is 7.24. The van der Waals surface area contributed by atoms with Gasteiger partial charge in [-0.15, -0.1) is 0 Å². The molecule has 0 bridgehead atoms. The van der Waals surface area contributed by atoms with Gasteiger partial charge in [-0.2, -0.15) is 11.8 Å². The van der Waals surface area contributed by atoms with Crippen molar-refractivity contribution in [3.05, 3.63) is 34.6 Å². The number of thioether (sulfide) groups is 1. The Morgan fingerprint density at radius 2 is 2.09 bits per heavy atom. The number of nitrogens with one attached hydrogen (secondary N) is 1. The number of amides is 1. The fraction of sp³-hybridized carbons (Fsp3) is 0.467. The average Bonchev–Trinajstić information content (AvgIpc) is 2.39. The Kier molecular flexibility index (Phi) is 7.15. The zero-order valence-corrected chi connectivity index (χ0v) is 14.6. The fourth-order valence-electron chi connectivity index (χ4n) is 1.55. The van der Waals surface area contributed by atoms with Crippen LogP contribution in [0, 0.1) is 5.82 Å². The van der Waals surface area contributed by atoms with E-state index < -0.39 is 29.5 Å². The van der Waals surface area contributed by atoms with Crippen molar-refractivity contribution in [1.82, 2.24) is 5.32 Å². The van der Waals surface area contributed by atoms with E-state index in [2.05, 4.69) is 5.32 Å². The van der Waals surface area contributed by atoms with Gasteiger partial charge in [0.15, 0.2) is 0 Å². The third kappa shape index (κ3) is 7.56. The van der Waals surface area contributed by atoms with Gasteiger partial charge in [-0.1, -0.05) is 17.7 Å². The second-order valence-electron chi connectivity index (χ2n) is 5.80. The molecule has 0 saturated carbocycles. The molecule has 0 aliphatic carbocycles. The lowest BCUT2D eigenvalue weighted by Crippen LogP contribution is -2.44. The number of benzene rings is 1. The van der Waals surface area contributed by atoms with Crippen LogP contribution in [0.25, 0.3) is 0 Å². The number of rotatable bonds is 6. The number of carboxylic acids is 1. The maximum atomic E-state index is 13.1. The van der Waals surface area contributed by atoms with Gasteiger partial charge in [0.05, 0.1) is 5.02 Å². The van der Waals surface area contributed by atoms with Crippen LogP contribution in [0.2, 0.25) is 5.02 Å². The Bertz CT molecular complexity index is 577. The van der Waals surface area contributed by atoms with E-state index in [0.717, 1.165) is 5.56 Å². The van der Waals surface area contributed by atoms with Gasteiger partial charge >= 0.3 is 12.1 Å². The van der Waals surface area contributed by atoms with Crippen LogP contribution in [-0.4, -0.2) is 34.6 Å². The summed E-state index contributed by atoms with van der Waals surface area (Å²) in [5.41, 5.74) is 0.0633. The van der Waals surface area contributed by atoms with E-state index >= 15 is 0 Å². The highest BCUT2D eigenvalue weighted by Crippen LogP contribution is 2.20. The molecule has 0 aliphatic rings. The molecule has 0 heterocycles. The van der Waals surface area contributed by atoms with Gasteiger partial charge < -0.3 is 15.2 Å². The van der Waals surface area contributed by atoms with E-state index in [9.17, 15) is 14.0 Å². The summed E-state index contributed by atoms with van der Waals surface area (Å²) < 4.78 is 18.1. The van der Waals surface area contributed by atoms with Crippen LogP contribution in [0.3, 0.4) is 0 Å². The molecule has 0 fully saturated rings. The molecule has 8 heteroatoms. The quantitative estimate of drug-likeness (QED) is 0.806. The Labute approximate surface area is 143 Å². The van der Waals surface area contributed by atoms with Gasteiger partial charge in [-0.05, 0) is 38.5 Å². The minimum absolute atomic E-state index is 0.0183. The molecule has 1 aromatic rings. The molecule has 0 radical (unpaired) electrons. The third-order valence-corrected chi connectivity index (χ3v) is 3.92. The average molecular weight is 364 g/mol. The molecule has 1 atom stereocenters. The summed E-state index contributed by atoms with van der Waals surface area (Å²) in [6.07, 6.45) is -0.782. The van der Waals surface area contributed by atoms with Crippen molar-refractivity contribution in [2.24, 2.45) is 0 Å². The van der Waals surface area contributed by atoms with Gasteiger partial charge in [-0.25, -0.2) is 14.0 Å². The Balaban J connectivity index is 2.52. The largest absolute Gasteiger partial charge is 0.480 e. The first-order valence-electron chi connectivity index (χ1n) is 6.82. The highest BCUT2D eigenvalue weighted by molar-refractivity contribution is 7.98. The molecular formula is C15H19ClFNO4S. The van der Waals surface area contributed by atoms with E-state index in [1.54, 1.807) is 26.8 Å². The molecule has 0 spiro atoms. The monoisotopic (exact) mass is 363 g/mol. The lowest BCUT2D eigenvalue weighted by atomic mass is 10.2. The molecule has 1 rings (SSSR count). The van der Waals surface area contributed by atoms with E-state index in [0.29, 0.717) is 5.75 Å². The second kappa shape index (κ2) is 8.40. The molecule has 128 valence electrons. The SMILES string of the molecule is CC(C)(C)OC(=O)NC(CSCc1ccc(F)c(Cl)c1)C(=O)O. The van der Waals surface area contributed by atoms with Crippen LogP contribution in [0.15, 0.2) is 18.2 Å². The number of hydrogen-bond donors (Lipinski definition) is 2. The van der Waals surface area contributed by atoms with Crippen molar-refractivity contribution in [2.45, 2.75) is 38.2 Å². The Hall–Kier alpha value is -1.47. The Morgan fingerprint density at radius 3 is 2.61 bits per heavy atom. The maximum absolute atomic E-state index is 13.1. The number of halogens is 2. The summed E-state index contributed by atoms with van der Waals surface area (Å²) in [6.45, 7) is 5.07. The summed E-state index contributed by atoms with van der Waals surface area (Å²) in [7, 11) is 0.